The van der Waals surface area contributed by atoms with Crippen LogP contribution in [0.5, 0.6) is 0 Å². The van der Waals surface area contributed by atoms with Gasteiger partial charge in [0.25, 0.3) is 0 Å². The van der Waals surface area contributed by atoms with Crippen LogP contribution in [-0.2, 0) is 6.54 Å². The number of hydrogen-bond acceptors (Lipinski definition) is 2. The number of nitrogens with two attached hydrogens (primary N) is 1. The van der Waals surface area contributed by atoms with Gasteiger partial charge in [-0.15, -0.1) is 24.8 Å². The topological polar surface area (TPSA) is 43.8 Å². The summed E-state index contributed by atoms with van der Waals surface area (Å²) in [5.74, 6) is 1.02. The molecule has 0 unspecified atom stereocenters. The molecule has 3 rings (SSSR count). The van der Waals surface area contributed by atoms with E-state index in [0.717, 1.165) is 11.3 Å². The zero-order valence-corrected chi connectivity index (χ0v) is 10.4. The number of nitrogens with zero attached hydrogens (tertiary/aromatic N) is 2. The predicted octanol–water partition coefficient (Wildman–Crippen LogP) is 2.67. The molecule has 1 aromatic heterocycles. The van der Waals surface area contributed by atoms with Crippen LogP contribution in [0.4, 0.5) is 0 Å². The Balaban J connectivity index is 0.000000640. The first-order chi connectivity index (χ1) is 6.90. The van der Waals surface area contributed by atoms with E-state index in [2.05, 4.69) is 21.7 Å². The van der Waals surface area contributed by atoms with Gasteiger partial charge in [-0.05, 0) is 25.0 Å². The first-order valence-electron chi connectivity index (χ1n) is 5.06. The zero-order chi connectivity index (χ0) is 9.54. The van der Waals surface area contributed by atoms with E-state index in [1.165, 1.54) is 18.4 Å². The number of rotatable bonds is 2. The highest BCUT2D eigenvalue weighted by Crippen LogP contribution is 2.38. The van der Waals surface area contributed by atoms with Crippen molar-refractivity contribution in [2.24, 2.45) is 5.73 Å². The van der Waals surface area contributed by atoms with Crippen molar-refractivity contribution in [3.05, 3.63) is 30.1 Å². The number of fused-ring (bicyclic) bond motifs is 1. The van der Waals surface area contributed by atoms with Crippen molar-refractivity contribution in [1.82, 2.24) is 9.55 Å². The third kappa shape index (κ3) is 2.03. The van der Waals surface area contributed by atoms with Gasteiger partial charge in [0.05, 0.1) is 17.6 Å². The molecule has 0 bridgehead atoms. The van der Waals surface area contributed by atoms with E-state index in [1.807, 2.05) is 12.1 Å². The molecule has 1 fully saturated rings. The minimum absolute atomic E-state index is 0. The number of imidazole rings is 1. The molecular formula is C11H15Cl2N3. The molecule has 1 aliphatic carbocycles. The molecule has 0 aliphatic heterocycles. The van der Waals surface area contributed by atoms with E-state index < -0.39 is 0 Å². The summed E-state index contributed by atoms with van der Waals surface area (Å²) in [4.78, 5) is 4.53. The highest BCUT2D eigenvalue weighted by atomic mass is 35.5. The summed E-state index contributed by atoms with van der Waals surface area (Å²) >= 11 is 0. The van der Waals surface area contributed by atoms with Crippen molar-refractivity contribution < 1.29 is 0 Å². The van der Waals surface area contributed by atoms with Crippen LogP contribution in [0.1, 0.15) is 24.7 Å². The van der Waals surface area contributed by atoms with Gasteiger partial charge in [0.1, 0.15) is 5.82 Å². The van der Waals surface area contributed by atoms with Crippen LogP contribution in [0.3, 0.4) is 0 Å². The van der Waals surface area contributed by atoms with E-state index in [1.54, 1.807) is 0 Å². The quantitative estimate of drug-likeness (QED) is 0.902. The minimum atomic E-state index is 0. The summed E-state index contributed by atoms with van der Waals surface area (Å²) in [6.45, 7) is 0.533. The Morgan fingerprint density at radius 3 is 2.56 bits per heavy atom. The SMILES string of the molecule is Cl.Cl.NCc1nc2ccccc2n1C1CC1. The standard InChI is InChI=1S/C11H13N3.2ClH/c12-7-11-13-9-3-1-2-4-10(9)14(11)8-5-6-8;;/h1-4,8H,5-7,12H2;2*1H. The first-order valence-corrected chi connectivity index (χ1v) is 5.06. The van der Waals surface area contributed by atoms with Crippen LogP contribution in [0.25, 0.3) is 11.0 Å². The Hall–Kier alpha value is -0.770. The Morgan fingerprint density at radius 2 is 1.94 bits per heavy atom. The largest absolute Gasteiger partial charge is 0.324 e. The number of hydrogen-bond donors (Lipinski definition) is 1. The van der Waals surface area contributed by atoms with Crippen molar-refractivity contribution in [2.45, 2.75) is 25.4 Å². The van der Waals surface area contributed by atoms with E-state index in [4.69, 9.17) is 5.73 Å². The molecule has 5 heteroatoms. The Labute approximate surface area is 107 Å². The first kappa shape index (κ1) is 13.3. The third-order valence-corrected chi connectivity index (χ3v) is 2.76. The summed E-state index contributed by atoms with van der Waals surface area (Å²) < 4.78 is 2.30. The van der Waals surface area contributed by atoms with Gasteiger partial charge >= 0.3 is 0 Å². The molecule has 1 aliphatic rings. The monoisotopic (exact) mass is 259 g/mol. The molecule has 88 valence electrons. The second-order valence-corrected chi connectivity index (χ2v) is 3.82. The Bertz CT molecular complexity index is 477. The van der Waals surface area contributed by atoms with E-state index in [0.29, 0.717) is 12.6 Å². The van der Waals surface area contributed by atoms with Gasteiger partial charge in [-0.3, -0.25) is 0 Å². The fourth-order valence-corrected chi connectivity index (χ4v) is 1.98. The maximum absolute atomic E-state index is 5.70. The fraction of sp³-hybridized carbons (Fsp3) is 0.364. The van der Waals surface area contributed by atoms with E-state index in [9.17, 15) is 0 Å². The van der Waals surface area contributed by atoms with Crippen molar-refractivity contribution in [3.63, 3.8) is 0 Å². The maximum Gasteiger partial charge on any atom is 0.123 e. The van der Waals surface area contributed by atoms with Gasteiger partial charge < -0.3 is 10.3 Å². The van der Waals surface area contributed by atoms with Crippen molar-refractivity contribution in [2.75, 3.05) is 0 Å². The van der Waals surface area contributed by atoms with Crippen LogP contribution < -0.4 is 5.73 Å². The molecule has 0 radical (unpaired) electrons. The summed E-state index contributed by atoms with van der Waals surface area (Å²) in [5, 5.41) is 0. The minimum Gasteiger partial charge on any atom is -0.324 e. The highest BCUT2D eigenvalue weighted by molar-refractivity contribution is 5.85. The van der Waals surface area contributed by atoms with Gasteiger partial charge in [-0.1, -0.05) is 12.1 Å². The van der Waals surface area contributed by atoms with Crippen molar-refractivity contribution in [1.29, 1.82) is 0 Å². The summed E-state index contributed by atoms with van der Waals surface area (Å²) in [7, 11) is 0. The molecule has 0 saturated heterocycles. The van der Waals surface area contributed by atoms with Gasteiger partial charge in [-0.2, -0.15) is 0 Å². The maximum atomic E-state index is 5.70. The average Bonchev–Trinajstić information content (AvgIpc) is 2.98. The molecule has 1 saturated carbocycles. The number of benzene rings is 1. The predicted molar refractivity (Wildman–Crippen MR) is 70.4 cm³/mol. The molecule has 2 N–H and O–H groups in total. The number of halogens is 2. The fourth-order valence-electron chi connectivity index (χ4n) is 1.98. The molecule has 0 spiro atoms. The van der Waals surface area contributed by atoms with Crippen molar-refractivity contribution >= 4 is 35.8 Å². The van der Waals surface area contributed by atoms with Gasteiger partial charge in [-0.25, -0.2) is 4.98 Å². The molecule has 16 heavy (non-hydrogen) atoms. The number of para-hydroxylation sites is 2. The zero-order valence-electron chi connectivity index (χ0n) is 8.80. The van der Waals surface area contributed by atoms with Crippen LogP contribution in [0.2, 0.25) is 0 Å². The smallest absolute Gasteiger partial charge is 0.123 e. The third-order valence-electron chi connectivity index (χ3n) is 2.76. The van der Waals surface area contributed by atoms with E-state index >= 15 is 0 Å². The van der Waals surface area contributed by atoms with E-state index in [-0.39, 0.29) is 24.8 Å². The summed E-state index contributed by atoms with van der Waals surface area (Å²) in [6.07, 6.45) is 2.54. The van der Waals surface area contributed by atoms with Crippen LogP contribution in [0, 0.1) is 0 Å². The van der Waals surface area contributed by atoms with Gasteiger partial charge in [0, 0.05) is 6.04 Å². The normalized spacial score (nSPS) is 14.3. The summed E-state index contributed by atoms with van der Waals surface area (Å²) in [6, 6.07) is 8.91. The lowest BCUT2D eigenvalue weighted by atomic mass is 10.3. The Morgan fingerprint density at radius 1 is 1.25 bits per heavy atom. The second kappa shape index (κ2) is 5.04. The average molecular weight is 260 g/mol. The van der Waals surface area contributed by atoms with Crippen LogP contribution in [-0.4, -0.2) is 9.55 Å². The lowest BCUT2D eigenvalue weighted by Gasteiger charge is -2.04. The molecule has 0 amide bonds. The number of aromatic nitrogens is 2. The lowest BCUT2D eigenvalue weighted by Crippen LogP contribution is -2.06. The molecule has 3 nitrogen and oxygen atoms in total. The lowest BCUT2D eigenvalue weighted by molar-refractivity contribution is 0.701. The van der Waals surface area contributed by atoms with Gasteiger partial charge in [0.2, 0.25) is 0 Å². The molecule has 1 heterocycles. The van der Waals surface area contributed by atoms with Gasteiger partial charge in [0.15, 0.2) is 0 Å². The highest BCUT2D eigenvalue weighted by Gasteiger charge is 2.27. The molecule has 2 aromatic rings. The molecule has 1 aromatic carbocycles. The molecular weight excluding hydrogens is 245 g/mol. The summed E-state index contributed by atoms with van der Waals surface area (Å²) in [5.41, 5.74) is 8.00. The van der Waals surface area contributed by atoms with Crippen LogP contribution >= 0.6 is 24.8 Å². The van der Waals surface area contributed by atoms with Crippen molar-refractivity contribution in [3.8, 4) is 0 Å². The Kier molecular flexibility index (Phi) is 4.19. The molecule has 0 atom stereocenters. The second-order valence-electron chi connectivity index (χ2n) is 3.82. The van der Waals surface area contributed by atoms with Crippen LogP contribution in [0.15, 0.2) is 24.3 Å².